The van der Waals surface area contributed by atoms with Crippen LogP contribution in [0.3, 0.4) is 0 Å². The molecule has 0 amide bonds. The van der Waals surface area contributed by atoms with Gasteiger partial charge in [0.25, 0.3) is 0 Å². The van der Waals surface area contributed by atoms with E-state index in [1.807, 2.05) is 6.33 Å². The maximum atomic E-state index is 5.81. The van der Waals surface area contributed by atoms with E-state index in [-0.39, 0.29) is 0 Å². The zero-order valence-corrected chi connectivity index (χ0v) is 12.3. The van der Waals surface area contributed by atoms with Crippen LogP contribution in [0.15, 0.2) is 12.7 Å². The number of fused-ring (bicyclic) bond motifs is 2. The third-order valence-corrected chi connectivity index (χ3v) is 5.10. The van der Waals surface area contributed by atoms with Gasteiger partial charge in [-0.25, -0.2) is 15.0 Å². The Kier molecular flexibility index (Phi) is 3.25. The number of nitrogens with two attached hydrogens (primary N) is 1. The molecule has 2 aromatic rings. The standard InChI is InChI=1S/C15H22N6/c16-14-13-15(18-9-17-14)21(10-19-13)6-2-5-20-7-11-3-1-4-12(11)8-20/h9-12H,1-8H2,(H2,16,17,18). The van der Waals surface area contributed by atoms with Crippen LogP contribution < -0.4 is 5.73 Å². The Hall–Kier alpha value is -1.69. The largest absolute Gasteiger partial charge is 0.382 e. The summed E-state index contributed by atoms with van der Waals surface area (Å²) in [4.78, 5) is 15.2. The van der Waals surface area contributed by atoms with Gasteiger partial charge in [0.15, 0.2) is 11.5 Å². The van der Waals surface area contributed by atoms with Gasteiger partial charge in [0, 0.05) is 19.6 Å². The Bertz CT molecular complexity index is 624. The lowest BCUT2D eigenvalue weighted by atomic mass is 10.0. The summed E-state index contributed by atoms with van der Waals surface area (Å²) in [7, 11) is 0. The smallest absolute Gasteiger partial charge is 0.165 e. The molecule has 0 spiro atoms. The second kappa shape index (κ2) is 5.26. The van der Waals surface area contributed by atoms with Crippen LogP contribution >= 0.6 is 0 Å². The number of anilines is 1. The van der Waals surface area contributed by atoms with Gasteiger partial charge < -0.3 is 15.2 Å². The molecule has 6 nitrogen and oxygen atoms in total. The van der Waals surface area contributed by atoms with Crippen molar-refractivity contribution in [1.82, 2.24) is 24.4 Å². The molecule has 0 aromatic carbocycles. The second-order valence-corrected chi connectivity index (χ2v) is 6.43. The number of rotatable bonds is 4. The first kappa shape index (κ1) is 13.0. The van der Waals surface area contributed by atoms with Gasteiger partial charge in [-0.2, -0.15) is 0 Å². The molecule has 6 heteroatoms. The van der Waals surface area contributed by atoms with Gasteiger partial charge in [-0.15, -0.1) is 0 Å². The second-order valence-electron chi connectivity index (χ2n) is 6.43. The predicted molar refractivity (Wildman–Crippen MR) is 81.6 cm³/mol. The SMILES string of the molecule is Nc1ncnc2c1ncn2CCCN1CC2CCCC2C1. The van der Waals surface area contributed by atoms with E-state index in [0.29, 0.717) is 11.3 Å². The van der Waals surface area contributed by atoms with Crippen molar-refractivity contribution >= 4 is 17.0 Å². The Morgan fingerprint density at radius 3 is 2.71 bits per heavy atom. The summed E-state index contributed by atoms with van der Waals surface area (Å²) in [5.41, 5.74) is 7.38. The minimum absolute atomic E-state index is 0.464. The first-order chi connectivity index (χ1) is 10.3. The number of imidazole rings is 1. The van der Waals surface area contributed by atoms with Crippen molar-refractivity contribution in [3.63, 3.8) is 0 Å². The summed E-state index contributed by atoms with van der Waals surface area (Å²) in [6.07, 6.45) is 8.82. The lowest BCUT2D eigenvalue weighted by Crippen LogP contribution is -2.23. The third kappa shape index (κ3) is 2.37. The fourth-order valence-electron chi connectivity index (χ4n) is 4.04. The van der Waals surface area contributed by atoms with Crippen LogP contribution in [0.25, 0.3) is 11.2 Å². The molecule has 1 saturated heterocycles. The van der Waals surface area contributed by atoms with Crippen molar-refractivity contribution in [2.45, 2.75) is 32.2 Å². The molecule has 2 fully saturated rings. The van der Waals surface area contributed by atoms with Crippen molar-refractivity contribution in [3.8, 4) is 0 Å². The van der Waals surface area contributed by atoms with E-state index >= 15 is 0 Å². The molecule has 21 heavy (non-hydrogen) atoms. The summed E-state index contributed by atoms with van der Waals surface area (Å²) < 4.78 is 2.09. The number of hydrogen-bond donors (Lipinski definition) is 1. The summed E-state index contributed by atoms with van der Waals surface area (Å²) in [5, 5.41) is 0. The molecule has 2 aromatic heterocycles. The van der Waals surface area contributed by atoms with E-state index in [1.165, 1.54) is 45.2 Å². The molecule has 2 unspecified atom stereocenters. The van der Waals surface area contributed by atoms with Crippen molar-refractivity contribution in [2.24, 2.45) is 11.8 Å². The minimum Gasteiger partial charge on any atom is -0.382 e. The molecule has 2 aliphatic rings. The van der Waals surface area contributed by atoms with Gasteiger partial charge in [0.1, 0.15) is 11.8 Å². The number of aryl methyl sites for hydroxylation is 1. The molecule has 2 atom stereocenters. The van der Waals surface area contributed by atoms with Crippen LogP contribution in [0.5, 0.6) is 0 Å². The van der Waals surface area contributed by atoms with E-state index in [1.54, 1.807) is 0 Å². The number of hydrogen-bond acceptors (Lipinski definition) is 5. The highest BCUT2D eigenvalue weighted by molar-refractivity contribution is 5.80. The average molecular weight is 286 g/mol. The van der Waals surface area contributed by atoms with Crippen LogP contribution in [0.2, 0.25) is 0 Å². The molecule has 1 aliphatic carbocycles. The maximum absolute atomic E-state index is 5.81. The van der Waals surface area contributed by atoms with Crippen LogP contribution in [-0.2, 0) is 6.54 Å². The monoisotopic (exact) mass is 286 g/mol. The van der Waals surface area contributed by atoms with Crippen LogP contribution in [0, 0.1) is 11.8 Å². The van der Waals surface area contributed by atoms with Crippen molar-refractivity contribution < 1.29 is 0 Å². The lowest BCUT2D eigenvalue weighted by molar-refractivity contribution is 0.301. The van der Waals surface area contributed by atoms with Crippen LogP contribution in [0.1, 0.15) is 25.7 Å². The summed E-state index contributed by atoms with van der Waals surface area (Å²) in [6, 6.07) is 0. The molecular formula is C15H22N6. The number of likely N-dealkylation sites (tertiary alicyclic amines) is 1. The normalized spacial score (nSPS) is 25.7. The molecular weight excluding hydrogens is 264 g/mol. The van der Waals surface area contributed by atoms with Gasteiger partial charge in [0.05, 0.1) is 6.33 Å². The predicted octanol–water partition coefficient (Wildman–Crippen LogP) is 1.53. The Morgan fingerprint density at radius 2 is 1.90 bits per heavy atom. The zero-order valence-electron chi connectivity index (χ0n) is 12.3. The fraction of sp³-hybridized carbons (Fsp3) is 0.667. The van der Waals surface area contributed by atoms with Gasteiger partial charge >= 0.3 is 0 Å². The van der Waals surface area contributed by atoms with Crippen molar-refractivity contribution in [1.29, 1.82) is 0 Å². The Morgan fingerprint density at radius 1 is 1.10 bits per heavy atom. The van der Waals surface area contributed by atoms with E-state index in [0.717, 1.165) is 30.4 Å². The number of nitrogen functional groups attached to an aromatic ring is 1. The maximum Gasteiger partial charge on any atom is 0.165 e. The molecule has 4 rings (SSSR count). The van der Waals surface area contributed by atoms with Crippen LogP contribution in [0.4, 0.5) is 5.82 Å². The van der Waals surface area contributed by atoms with E-state index in [4.69, 9.17) is 5.73 Å². The molecule has 112 valence electrons. The molecule has 2 N–H and O–H groups in total. The Labute approximate surface area is 124 Å². The molecule has 1 aliphatic heterocycles. The van der Waals surface area contributed by atoms with E-state index < -0.39 is 0 Å². The topological polar surface area (TPSA) is 72.9 Å². The highest BCUT2D eigenvalue weighted by Gasteiger charge is 2.35. The van der Waals surface area contributed by atoms with Gasteiger partial charge in [0.2, 0.25) is 0 Å². The third-order valence-electron chi connectivity index (χ3n) is 5.10. The molecule has 0 radical (unpaired) electrons. The van der Waals surface area contributed by atoms with Crippen molar-refractivity contribution in [2.75, 3.05) is 25.4 Å². The van der Waals surface area contributed by atoms with E-state index in [9.17, 15) is 0 Å². The summed E-state index contributed by atoms with van der Waals surface area (Å²) in [6.45, 7) is 4.74. The lowest BCUT2D eigenvalue weighted by Gasteiger charge is -2.16. The van der Waals surface area contributed by atoms with Gasteiger partial charge in [-0.05, 0) is 37.6 Å². The van der Waals surface area contributed by atoms with Crippen LogP contribution in [-0.4, -0.2) is 44.1 Å². The summed E-state index contributed by atoms with van der Waals surface area (Å²) >= 11 is 0. The first-order valence-corrected chi connectivity index (χ1v) is 7.95. The summed E-state index contributed by atoms with van der Waals surface area (Å²) in [5.74, 6) is 2.42. The first-order valence-electron chi connectivity index (χ1n) is 7.95. The quantitative estimate of drug-likeness (QED) is 0.922. The van der Waals surface area contributed by atoms with Gasteiger partial charge in [-0.3, -0.25) is 0 Å². The average Bonchev–Trinajstić information content (AvgIpc) is 3.14. The van der Waals surface area contributed by atoms with Gasteiger partial charge in [-0.1, -0.05) is 6.42 Å². The number of aromatic nitrogens is 4. The molecule has 0 bridgehead atoms. The molecule has 3 heterocycles. The highest BCUT2D eigenvalue weighted by atomic mass is 15.2. The van der Waals surface area contributed by atoms with E-state index in [2.05, 4.69) is 24.4 Å². The Balaban J connectivity index is 1.35. The zero-order chi connectivity index (χ0) is 14.2. The fourth-order valence-corrected chi connectivity index (χ4v) is 4.04. The molecule has 1 saturated carbocycles. The highest BCUT2D eigenvalue weighted by Crippen LogP contribution is 2.37. The minimum atomic E-state index is 0.464. The van der Waals surface area contributed by atoms with Crippen molar-refractivity contribution in [3.05, 3.63) is 12.7 Å². The number of nitrogens with zero attached hydrogens (tertiary/aromatic N) is 5.